The number of benzene rings is 1. The summed E-state index contributed by atoms with van der Waals surface area (Å²) in [5.74, 6) is 0.508. The molecule has 2 N–H and O–H groups in total. The molecule has 0 atom stereocenters. The summed E-state index contributed by atoms with van der Waals surface area (Å²) in [6.07, 6.45) is 0. The molecule has 0 spiro atoms. The molecule has 0 amide bonds. The molecule has 0 aliphatic heterocycles. The van der Waals surface area contributed by atoms with Gasteiger partial charge in [-0.3, -0.25) is 0 Å². The molecule has 0 unspecified atom stereocenters. The van der Waals surface area contributed by atoms with Crippen molar-refractivity contribution in [1.29, 1.82) is 0 Å². The summed E-state index contributed by atoms with van der Waals surface area (Å²) in [6.45, 7) is 0. The number of rotatable bonds is 0. The molecule has 2 nitrogen and oxygen atoms in total. The van der Waals surface area contributed by atoms with Crippen LogP contribution in [0.1, 0.15) is 0 Å². The van der Waals surface area contributed by atoms with Crippen molar-refractivity contribution in [3.8, 4) is 11.5 Å². The van der Waals surface area contributed by atoms with Gasteiger partial charge in [-0.15, -0.1) is 22.7 Å². The number of thiophene rings is 2. The highest BCUT2D eigenvalue weighted by atomic mass is 32.1. The molecule has 3 rings (SSSR count). The first-order valence-corrected chi connectivity index (χ1v) is 5.82. The molecule has 0 aliphatic carbocycles. The fourth-order valence-corrected chi connectivity index (χ4v) is 3.28. The van der Waals surface area contributed by atoms with Crippen LogP contribution in [0.2, 0.25) is 0 Å². The van der Waals surface area contributed by atoms with Gasteiger partial charge >= 0.3 is 0 Å². The molecule has 4 heteroatoms. The van der Waals surface area contributed by atoms with E-state index < -0.39 is 0 Å². The van der Waals surface area contributed by atoms with Crippen LogP contribution >= 0.6 is 22.7 Å². The van der Waals surface area contributed by atoms with Gasteiger partial charge in [0.05, 0.1) is 0 Å². The quantitative estimate of drug-likeness (QED) is 0.611. The number of hydrogen-bond acceptors (Lipinski definition) is 4. The van der Waals surface area contributed by atoms with Crippen LogP contribution in [0.5, 0.6) is 11.5 Å². The second kappa shape index (κ2) is 2.62. The van der Waals surface area contributed by atoms with E-state index in [4.69, 9.17) is 0 Å². The summed E-state index contributed by atoms with van der Waals surface area (Å²) in [7, 11) is 0. The SMILES string of the molecule is Oc1csc2ccc3scc(O)c3c12. The van der Waals surface area contributed by atoms with Gasteiger partial charge in [0, 0.05) is 30.9 Å². The van der Waals surface area contributed by atoms with Crippen molar-refractivity contribution >= 4 is 42.8 Å². The van der Waals surface area contributed by atoms with Gasteiger partial charge in [-0.05, 0) is 12.1 Å². The largest absolute Gasteiger partial charge is 0.506 e. The van der Waals surface area contributed by atoms with Crippen LogP contribution in [0, 0.1) is 0 Å². The van der Waals surface area contributed by atoms with Crippen molar-refractivity contribution in [2.24, 2.45) is 0 Å². The third-order valence-corrected chi connectivity index (χ3v) is 4.11. The summed E-state index contributed by atoms with van der Waals surface area (Å²) in [5, 5.41) is 24.2. The predicted molar refractivity (Wildman–Crippen MR) is 60.5 cm³/mol. The molecule has 0 aliphatic rings. The summed E-state index contributed by atoms with van der Waals surface area (Å²) in [5.41, 5.74) is 0. The van der Waals surface area contributed by atoms with Gasteiger partial charge in [0.1, 0.15) is 11.5 Å². The molecular weight excluding hydrogens is 216 g/mol. The molecule has 2 aromatic heterocycles. The summed E-state index contributed by atoms with van der Waals surface area (Å²) >= 11 is 2.97. The lowest BCUT2D eigenvalue weighted by Gasteiger charge is -1.95. The Hall–Kier alpha value is -1.26. The summed E-state index contributed by atoms with van der Waals surface area (Å²) in [6, 6.07) is 3.94. The maximum Gasteiger partial charge on any atom is 0.134 e. The van der Waals surface area contributed by atoms with Gasteiger partial charge in [0.15, 0.2) is 0 Å². The maximum absolute atomic E-state index is 9.66. The Labute approximate surface area is 87.7 Å². The lowest BCUT2D eigenvalue weighted by molar-refractivity contribution is 0.479. The highest BCUT2D eigenvalue weighted by Crippen LogP contribution is 2.43. The molecule has 0 radical (unpaired) electrons. The Bertz CT molecular complexity index is 566. The minimum atomic E-state index is 0.254. The van der Waals surface area contributed by atoms with E-state index in [9.17, 15) is 10.2 Å². The zero-order valence-electron chi connectivity index (χ0n) is 7.02. The molecule has 0 saturated carbocycles. The Balaban J connectivity index is 2.70. The second-order valence-corrected chi connectivity index (χ2v) is 4.88. The first-order valence-electron chi connectivity index (χ1n) is 4.06. The Morgan fingerprint density at radius 2 is 1.21 bits per heavy atom. The van der Waals surface area contributed by atoms with E-state index in [1.807, 2.05) is 12.1 Å². The van der Waals surface area contributed by atoms with E-state index in [1.165, 1.54) is 22.7 Å². The predicted octanol–water partition coefficient (Wildman–Crippen LogP) is 3.53. The normalized spacial score (nSPS) is 11.4. The van der Waals surface area contributed by atoms with Crippen molar-refractivity contribution in [2.45, 2.75) is 0 Å². The van der Waals surface area contributed by atoms with Gasteiger partial charge in [-0.25, -0.2) is 0 Å². The molecule has 0 fully saturated rings. The van der Waals surface area contributed by atoms with Crippen molar-refractivity contribution < 1.29 is 10.2 Å². The van der Waals surface area contributed by atoms with Gasteiger partial charge in [-0.1, -0.05) is 0 Å². The van der Waals surface area contributed by atoms with Gasteiger partial charge < -0.3 is 10.2 Å². The first kappa shape index (κ1) is 8.08. The fraction of sp³-hybridized carbons (Fsp3) is 0. The summed E-state index contributed by atoms with van der Waals surface area (Å²) in [4.78, 5) is 0. The molecular formula is C10H6O2S2. The Morgan fingerprint density at radius 1 is 0.786 bits per heavy atom. The molecule has 0 bridgehead atoms. The fourth-order valence-electron chi connectivity index (χ4n) is 1.63. The molecule has 3 aromatic rings. The second-order valence-electron chi connectivity index (χ2n) is 3.05. The molecule has 1 aromatic carbocycles. The van der Waals surface area contributed by atoms with Crippen LogP contribution in [-0.2, 0) is 0 Å². The standard InChI is InChI=1S/C10H6O2S2/c11-5-3-13-7-1-2-8-10(9(5)7)6(12)4-14-8/h1-4,11-12H. The molecule has 2 heterocycles. The van der Waals surface area contributed by atoms with E-state index in [-0.39, 0.29) is 11.5 Å². The zero-order chi connectivity index (χ0) is 9.71. The van der Waals surface area contributed by atoms with Crippen LogP contribution in [-0.4, -0.2) is 10.2 Å². The Kier molecular flexibility index (Phi) is 1.51. The van der Waals surface area contributed by atoms with Gasteiger partial charge in [-0.2, -0.15) is 0 Å². The monoisotopic (exact) mass is 222 g/mol. The van der Waals surface area contributed by atoms with Gasteiger partial charge in [0.25, 0.3) is 0 Å². The van der Waals surface area contributed by atoms with Crippen LogP contribution in [0.4, 0.5) is 0 Å². The number of hydrogen-bond donors (Lipinski definition) is 2. The highest BCUT2D eigenvalue weighted by Gasteiger charge is 2.11. The van der Waals surface area contributed by atoms with E-state index in [1.54, 1.807) is 10.8 Å². The lowest BCUT2D eigenvalue weighted by atomic mass is 10.1. The van der Waals surface area contributed by atoms with Crippen LogP contribution in [0.25, 0.3) is 20.2 Å². The van der Waals surface area contributed by atoms with Crippen molar-refractivity contribution in [3.05, 3.63) is 22.9 Å². The van der Waals surface area contributed by atoms with Crippen LogP contribution in [0.15, 0.2) is 22.9 Å². The average Bonchev–Trinajstić information content (AvgIpc) is 2.72. The lowest BCUT2D eigenvalue weighted by Crippen LogP contribution is -1.67. The topological polar surface area (TPSA) is 40.5 Å². The van der Waals surface area contributed by atoms with Gasteiger partial charge in [0.2, 0.25) is 0 Å². The smallest absolute Gasteiger partial charge is 0.134 e. The zero-order valence-corrected chi connectivity index (χ0v) is 8.65. The summed E-state index contributed by atoms with van der Waals surface area (Å²) < 4.78 is 2.01. The first-order chi connectivity index (χ1) is 6.77. The van der Waals surface area contributed by atoms with Crippen molar-refractivity contribution in [3.63, 3.8) is 0 Å². The molecule has 14 heavy (non-hydrogen) atoms. The van der Waals surface area contributed by atoms with Crippen LogP contribution in [0.3, 0.4) is 0 Å². The minimum absolute atomic E-state index is 0.254. The number of aromatic hydroxyl groups is 2. The van der Waals surface area contributed by atoms with Crippen molar-refractivity contribution in [1.82, 2.24) is 0 Å². The van der Waals surface area contributed by atoms with E-state index in [0.29, 0.717) is 0 Å². The van der Waals surface area contributed by atoms with E-state index >= 15 is 0 Å². The Morgan fingerprint density at radius 3 is 1.64 bits per heavy atom. The third kappa shape index (κ3) is 0.895. The minimum Gasteiger partial charge on any atom is -0.506 e. The molecule has 70 valence electrons. The van der Waals surface area contributed by atoms with Crippen molar-refractivity contribution in [2.75, 3.05) is 0 Å². The average molecular weight is 222 g/mol. The maximum atomic E-state index is 9.66. The third-order valence-electron chi connectivity index (χ3n) is 2.24. The number of fused-ring (bicyclic) bond motifs is 3. The van der Waals surface area contributed by atoms with E-state index in [2.05, 4.69) is 0 Å². The van der Waals surface area contributed by atoms with Crippen LogP contribution < -0.4 is 0 Å². The van der Waals surface area contributed by atoms with E-state index in [0.717, 1.165) is 20.2 Å². The highest BCUT2D eigenvalue weighted by molar-refractivity contribution is 7.19. The molecule has 0 saturated heterocycles.